The Bertz CT molecular complexity index is 983. The second kappa shape index (κ2) is 7.46. The van der Waals surface area contributed by atoms with E-state index in [1.165, 1.54) is 21.0 Å². The maximum atomic E-state index is 12.6. The molecule has 0 radical (unpaired) electrons. The third-order valence-electron chi connectivity index (χ3n) is 4.35. The topological polar surface area (TPSA) is 102 Å². The van der Waals surface area contributed by atoms with Crippen molar-refractivity contribution < 1.29 is 17.6 Å². The van der Waals surface area contributed by atoms with Crippen LogP contribution in [0.15, 0.2) is 45.0 Å². The van der Waals surface area contributed by atoms with Crippen LogP contribution in [0.2, 0.25) is 0 Å². The van der Waals surface area contributed by atoms with Gasteiger partial charge >= 0.3 is 5.76 Å². The number of hydrogen-bond donors (Lipinski definition) is 1. The Morgan fingerprint density at radius 3 is 2.73 bits per heavy atom. The highest BCUT2D eigenvalue weighted by Crippen LogP contribution is 2.24. The number of nitrogens with one attached hydrogen (secondary N) is 1. The minimum atomic E-state index is -3.58. The van der Waals surface area contributed by atoms with Crippen molar-refractivity contribution in [1.29, 1.82) is 0 Å². The normalized spacial score (nSPS) is 15.4. The molecule has 3 rings (SSSR count). The number of hydrogen-bond acceptors (Lipinski definition) is 5. The summed E-state index contributed by atoms with van der Waals surface area (Å²) in [7, 11) is -3.58. The van der Waals surface area contributed by atoms with E-state index in [0.717, 1.165) is 12.8 Å². The first-order valence-electron chi connectivity index (χ1n) is 8.44. The van der Waals surface area contributed by atoms with Gasteiger partial charge in [-0.15, -0.1) is 6.58 Å². The second-order valence-corrected chi connectivity index (χ2v) is 8.04. The minimum absolute atomic E-state index is 0.107. The first-order valence-corrected chi connectivity index (χ1v) is 9.88. The maximum absolute atomic E-state index is 12.6. The lowest BCUT2D eigenvalue weighted by Crippen LogP contribution is -2.27. The molecule has 0 saturated carbocycles. The van der Waals surface area contributed by atoms with Gasteiger partial charge in [-0.1, -0.05) is 6.08 Å². The number of carbonyl (C=O) groups excluding carboxylic acids is 1. The van der Waals surface area contributed by atoms with Gasteiger partial charge in [0.25, 0.3) is 0 Å². The molecular formula is C17H21N3O5S. The zero-order valence-electron chi connectivity index (χ0n) is 14.3. The fourth-order valence-corrected chi connectivity index (χ4v) is 4.52. The minimum Gasteiger partial charge on any atom is -0.408 e. The molecule has 8 nitrogen and oxygen atoms in total. The van der Waals surface area contributed by atoms with Gasteiger partial charge in [-0.3, -0.25) is 9.36 Å². The predicted octanol–water partition coefficient (Wildman–Crippen LogP) is 1.07. The lowest BCUT2D eigenvalue weighted by Gasteiger charge is -2.15. The standard InChI is InChI=1S/C17H21N3O5S/c1-2-8-18-16(21)7-11-20-14-6-5-13(12-15(14)25-17(20)22)26(23,24)19-9-3-4-10-19/h2,5-6,12H,1,3-4,7-11H2,(H,18,21). The summed E-state index contributed by atoms with van der Waals surface area (Å²) in [5.74, 6) is -0.827. The fourth-order valence-electron chi connectivity index (χ4n) is 2.98. The Hall–Kier alpha value is -2.39. The molecule has 140 valence electrons. The van der Waals surface area contributed by atoms with Crippen molar-refractivity contribution in [3.05, 3.63) is 41.4 Å². The van der Waals surface area contributed by atoms with Crippen LogP contribution in [0.4, 0.5) is 0 Å². The molecule has 26 heavy (non-hydrogen) atoms. The summed E-state index contributed by atoms with van der Waals surface area (Å²) >= 11 is 0. The Morgan fingerprint density at radius 1 is 1.31 bits per heavy atom. The molecule has 0 atom stereocenters. The first kappa shape index (κ1) is 18.4. The summed E-state index contributed by atoms with van der Waals surface area (Å²) in [4.78, 5) is 23.9. The zero-order chi connectivity index (χ0) is 18.7. The summed E-state index contributed by atoms with van der Waals surface area (Å²) in [6, 6.07) is 4.39. The van der Waals surface area contributed by atoms with E-state index in [0.29, 0.717) is 25.2 Å². The van der Waals surface area contributed by atoms with Gasteiger partial charge in [0.2, 0.25) is 15.9 Å². The predicted molar refractivity (Wildman–Crippen MR) is 96.3 cm³/mol. The van der Waals surface area contributed by atoms with Gasteiger partial charge in [-0.05, 0) is 25.0 Å². The molecule has 2 heterocycles. The Morgan fingerprint density at radius 2 is 2.04 bits per heavy atom. The molecule has 1 saturated heterocycles. The van der Waals surface area contributed by atoms with Gasteiger partial charge in [-0.2, -0.15) is 4.31 Å². The Kier molecular flexibility index (Phi) is 5.28. The molecule has 1 aromatic heterocycles. The van der Waals surface area contributed by atoms with Crippen LogP contribution in [0.3, 0.4) is 0 Å². The third kappa shape index (κ3) is 3.58. The van der Waals surface area contributed by atoms with Gasteiger partial charge in [0.05, 0.1) is 10.4 Å². The van der Waals surface area contributed by atoms with E-state index in [1.54, 1.807) is 12.1 Å². The lowest BCUT2D eigenvalue weighted by molar-refractivity contribution is -0.121. The summed E-state index contributed by atoms with van der Waals surface area (Å²) in [6.07, 6.45) is 3.37. The highest BCUT2D eigenvalue weighted by Gasteiger charge is 2.28. The molecule has 1 N–H and O–H groups in total. The van der Waals surface area contributed by atoms with E-state index in [4.69, 9.17) is 4.42 Å². The number of aromatic nitrogens is 1. The number of benzene rings is 1. The van der Waals surface area contributed by atoms with E-state index in [2.05, 4.69) is 11.9 Å². The number of amides is 1. The van der Waals surface area contributed by atoms with Gasteiger partial charge in [0.15, 0.2) is 5.58 Å². The number of sulfonamides is 1. The zero-order valence-corrected chi connectivity index (χ0v) is 15.1. The number of aryl methyl sites for hydroxylation is 1. The first-order chi connectivity index (χ1) is 12.4. The van der Waals surface area contributed by atoms with E-state index in [-0.39, 0.29) is 29.4 Å². The number of rotatable bonds is 7. The van der Waals surface area contributed by atoms with Crippen molar-refractivity contribution in [2.45, 2.75) is 30.7 Å². The van der Waals surface area contributed by atoms with E-state index in [1.807, 2.05) is 0 Å². The number of carbonyl (C=O) groups is 1. The van der Waals surface area contributed by atoms with Crippen molar-refractivity contribution in [3.63, 3.8) is 0 Å². The highest BCUT2D eigenvalue weighted by atomic mass is 32.2. The van der Waals surface area contributed by atoms with Crippen molar-refractivity contribution in [2.75, 3.05) is 19.6 Å². The van der Waals surface area contributed by atoms with Crippen molar-refractivity contribution in [1.82, 2.24) is 14.2 Å². The average molecular weight is 379 g/mol. The van der Waals surface area contributed by atoms with E-state index in [9.17, 15) is 18.0 Å². The average Bonchev–Trinajstić information content (AvgIpc) is 3.25. The molecule has 1 aromatic carbocycles. The Balaban J connectivity index is 1.85. The molecule has 9 heteroatoms. The summed E-state index contributed by atoms with van der Waals surface area (Å²) < 4.78 is 33.2. The van der Waals surface area contributed by atoms with Crippen LogP contribution in [0.25, 0.3) is 11.1 Å². The van der Waals surface area contributed by atoms with Crippen LogP contribution in [-0.2, 0) is 21.4 Å². The third-order valence-corrected chi connectivity index (χ3v) is 6.24. The molecule has 1 amide bonds. The molecule has 0 aliphatic carbocycles. The molecule has 0 unspecified atom stereocenters. The number of oxazole rings is 1. The second-order valence-electron chi connectivity index (χ2n) is 6.10. The smallest absolute Gasteiger partial charge is 0.408 e. The van der Waals surface area contributed by atoms with Crippen LogP contribution < -0.4 is 11.1 Å². The molecule has 1 aliphatic heterocycles. The lowest BCUT2D eigenvalue weighted by atomic mass is 10.3. The largest absolute Gasteiger partial charge is 0.419 e. The van der Waals surface area contributed by atoms with E-state index >= 15 is 0 Å². The SMILES string of the molecule is C=CCNC(=O)CCn1c(=O)oc2cc(S(=O)(=O)N3CCCC3)ccc21. The van der Waals surface area contributed by atoms with Crippen LogP contribution in [0, 0.1) is 0 Å². The molecule has 2 aromatic rings. The molecular weight excluding hydrogens is 358 g/mol. The fraction of sp³-hybridized carbons (Fsp3) is 0.412. The number of nitrogens with zero attached hydrogens (tertiary/aromatic N) is 2. The van der Waals surface area contributed by atoms with Crippen LogP contribution in [-0.4, -0.2) is 42.8 Å². The van der Waals surface area contributed by atoms with E-state index < -0.39 is 15.8 Å². The van der Waals surface area contributed by atoms with Crippen LogP contribution in [0.1, 0.15) is 19.3 Å². The monoisotopic (exact) mass is 379 g/mol. The van der Waals surface area contributed by atoms with Gasteiger partial charge in [0.1, 0.15) is 0 Å². The molecule has 1 fully saturated rings. The van der Waals surface area contributed by atoms with Gasteiger partial charge in [-0.25, -0.2) is 13.2 Å². The quantitative estimate of drug-likeness (QED) is 0.725. The van der Waals surface area contributed by atoms with Crippen molar-refractivity contribution >= 4 is 27.0 Å². The summed E-state index contributed by atoms with van der Waals surface area (Å²) in [5, 5.41) is 2.63. The highest BCUT2D eigenvalue weighted by molar-refractivity contribution is 7.89. The molecule has 0 bridgehead atoms. The summed E-state index contributed by atoms with van der Waals surface area (Å²) in [6.45, 7) is 5.03. The maximum Gasteiger partial charge on any atom is 0.419 e. The molecule has 1 aliphatic rings. The Labute approximate surface area is 151 Å². The van der Waals surface area contributed by atoms with Crippen molar-refractivity contribution in [2.24, 2.45) is 0 Å². The van der Waals surface area contributed by atoms with Gasteiger partial charge < -0.3 is 9.73 Å². The van der Waals surface area contributed by atoms with Gasteiger partial charge in [0, 0.05) is 38.7 Å². The van der Waals surface area contributed by atoms with Crippen LogP contribution >= 0.6 is 0 Å². The molecule has 0 spiro atoms. The number of fused-ring (bicyclic) bond motifs is 1. The summed E-state index contributed by atoms with van der Waals surface area (Å²) in [5.41, 5.74) is 0.661. The van der Waals surface area contributed by atoms with Crippen LogP contribution in [0.5, 0.6) is 0 Å². The van der Waals surface area contributed by atoms with Crippen molar-refractivity contribution in [3.8, 4) is 0 Å².